The molecule has 1 amide bonds. The Hall–Kier alpha value is -3.23. The van der Waals surface area contributed by atoms with Crippen LogP contribution in [0.3, 0.4) is 0 Å². The Labute approximate surface area is 270 Å². The summed E-state index contributed by atoms with van der Waals surface area (Å²) >= 11 is 0. The highest BCUT2D eigenvalue weighted by Gasteiger charge is 2.44. The average Bonchev–Trinajstić information content (AvgIpc) is 3.65. The van der Waals surface area contributed by atoms with Gasteiger partial charge in [0.15, 0.2) is 17.8 Å². The Kier molecular flexibility index (Phi) is 10.9. The zero-order valence-electron chi connectivity index (χ0n) is 26.6. The van der Waals surface area contributed by atoms with Gasteiger partial charge in [-0.2, -0.15) is 4.31 Å². The Bertz CT molecular complexity index is 1470. The Morgan fingerprint density at radius 1 is 1.07 bits per heavy atom. The van der Waals surface area contributed by atoms with Gasteiger partial charge in [0, 0.05) is 25.6 Å². The molecule has 3 aliphatic heterocycles. The number of carbonyl (C=O) groups is 2. The summed E-state index contributed by atoms with van der Waals surface area (Å²) in [7, 11) is -4.19. The number of ketones is 1. The van der Waals surface area contributed by atoms with Crippen LogP contribution < -0.4 is 14.8 Å². The van der Waals surface area contributed by atoms with E-state index in [0.717, 1.165) is 5.56 Å². The molecule has 0 aromatic heterocycles. The zero-order valence-corrected chi connectivity index (χ0v) is 27.4. The fraction of sp³-hybridized carbons (Fsp3) is 0.576. The van der Waals surface area contributed by atoms with Gasteiger partial charge in [-0.25, -0.2) is 13.2 Å². The molecule has 0 bridgehead atoms. The maximum atomic E-state index is 14.2. The second kappa shape index (κ2) is 14.7. The Morgan fingerprint density at radius 3 is 2.54 bits per heavy atom. The van der Waals surface area contributed by atoms with Crippen LogP contribution in [-0.2, 0) is 35.4 Å². The predicted molar refractivity (Wildman–Crippen MR) is 167 cm³/mol. The van der Waals surface area contributed by atoms with E-state index in [4.69, 9.17) is 23.7 Å². The van der Waals surface area contributed by atoms with Crippen LogP contribution in [0.1, 0.15) is 45.6 Å². The molecule has 0 saturated carbocycles. The number of hydrogen-bond donors (Lipinski definition) is 2. The standard InChI is InChI=1S/C33H44N2O10S/c1-22(36)11-13-33(2,3)21-35(46(39,40)24-9-10-28-29(18-24)42-16-15-41-28)19-27(37)26(17-23-7-5-4-6-8-23)34-32(38)45-30-20-44-31-25(30)12-14-43-31/h4-10,18,25-27,30-31,37H,11-17,19-21H2,1-3H3,(H,34,38)/t25?,26-,27+,30?,31?/m0/s1. The van der Waals surface area contributed by atoms with E-state index in [1.54, 1.807) is 6.07 Å². The van der Waals surface area contributed by atoms with Gasteiger partial charge in [-0.3, -0.25) is 0 Å². The van der Waals surface area contributed by atoms with Crippen LogP contribution in [0.5, 0.6) is 11.5 Å². The lowest BCUT2D eigenvalue weighted by Gasteiger charge is -2.35. The third kappa shape index (κ3) is 8.56. The van der Waals surface area contributed by atoms with Crippen LogP contribution in [0.25, 0.3) is 0 Å². The van der Waals surface area contributed by atoms with Crippen molar-refractivity contribution in [1.82, 2.24) is 9.62 Å². The molecular formula is C33H44N2O10S. The highest BCUT2D eigenvalue weighted by atomic mass is 32.2. The van der Waals surface area contributed by atoms with E-state index in [1.165, 1.54) is 23.4 Å². The lowest BCUT2D eigenvalue weighted by Crippen LogP contribution is -2.52. The maximum Gasteiger partial charge on any atom is 0.407 e. The van der Waals surface area contributed by atoms with Gasteiger partial charge in [-0.05, 0) is 49.3 Å². The number of Topliss-reactive ketones (excluding diaryl/α,β-unsaturated/α-hetero) is 1. The number of aliphatic hydroxyl groups excluding tert-OH is 1. The molecule has 2 fully saturated rings. The van der Waals surface area contributed by atoms with Gasteiger partial charge in [0.25, 0.3) is 0 Å². The summed E-state index contributed by atoms with van der Waals surface area (Å²) in [6.45, 7) is 6.35. The molecule has 12 nitrogen and oxygen atoms in total. The van der Waals surface area contributed by atoms with Crippen LogP contribution in [-0.4, -0.2) is 93.8 Å². The first kappa shape index (κ1) is 34.1. The van der Waals surface area contributed by atoms with Crippen molar-refractivity contribution in [3.05, 3.63) is 54.1 Å². The van der Waals surface area contributed by atoms with E-state index in [2.05, 4.69) is 5.32 Å². The quantitative estimate of drug-likeness (QED) is 0.309. The summed E-state index contributed by atoms with van der Waals surface area (Å²) < 4.78 is 57.7. The summed E-state index contributed by atoms with van der Waals surface area (Å²) in [6, 6.07) is 12.8. The number of fused-ring (bicyclic) bond motifs is 2. The van der Waals surface area contributed by atoms with E-state index in [1.807, 2.05) is 44.2 Å². The number of alkyl carbamates (subject to hydrolysis) is 1. The van der Waals surface area contributed by atoms with E-state index < -0.39 is 46.1 Å². The van der Waals surface area contributed by atoms with E-state index >= 15 is 0 Å². The van der Waals surface area contributed by atoms with E-state index in [0.29, 0.717) is 44.2 Å². The van der Waals surface area contributed by atoms with Crippen LogP contribution in [0.15, 0.2) is 53.4 Å². The smallest absolute Gasteiger partial charge is 0.407 e. The normalized spacial score (nSPS) is 22.2. The molecule has 0 spiro atoms. The van der Waals surface area contributed by atoms with Crippen LogP contribution in [0.4, 0.5) is 4.79 Å². The molecule has 2 saturated heterocycles. The number of benzene rings is 2. The second-order valence-corrected chi connectivity index (χ2v) is 14.9. The van der Waals surface area contributed by atoms with Crippen LogP contribution in [0.2, 0.25) is 0 Å². The molecule has 2 N–H and O–H groups in total. The minimum atomic E-state index is -4.19. The minimum Gasteiger partial charge on any atom is -0.486 e. The largest absolute Gasteiger partial charge is 0.486 e. The molecule has 3 aliphatic rings. The van der Waals surface area contributed by atoms with Gasteiger partial charge < -0.3 is 38.9 Å². The number of nitrogens with one attached hydrogen (secondary N) is 1. The van der Waals surface area contributed by atoms with Gasteiger partial charge >= 0.3 is 6.09 Å². The van der Waals surface area contributed by atoms with E-state index in [-0.39, 0.29) is 49.1 Å². The molecule has 5 atom stereocenters. The lowest BCUT2D eigenvalue weighted by molar-refractivity contribution is -0.117. The molecule has 3 heterocycles. The molecule has 5 rings (SSSR count). The number of ether oxygens (including phenoxy) is 5. The molecule has 3 unspecified atom stereocenters. The monoisotopic (exact) mass is 660 g/mol. The number of rotatable bonds is 14. The zero-order chi connectivity index (χ0) is 32.9. The lowest BCUT2D eigenvalue weighted by atomic mass is 9.87. The van der Waals surface area contributed by atoms with Gasteiger partial charge in [0.2, 0.25) is 10.0 Å². The van der Waals surface area contributed by atoms with Gasteiger partial charge in [-0.1, -0.05) is 44.2 Å². The highest BCUT2D eigenvalue weighted by molar-refractivity contribution is 7.89. The molecule has 13 heteroatoms. The fourth-order valence-corrected chi connectivity index (χ4v) is 7.67. The van der Waals surface area contributed by atoms with E-state index in [9.17, 15) is 23.1 Å². The SMILES string of the molecule is CC(=O)CCC(C)(C)CN(C[C@@H](O)[C@H](Cc1ccccc1)NC(=O)OC1COC2OCCC12)S(=O)(=O)c1ccc2c(c1)OCCO2. The highest BCUT2D eigenvalue weighted by Crippen LogP contribution is 2.35. The van der Waals surface area contributed by atoms with Gasteiger partial charge in [0.05, 0.1) is 36.2 Å². The number of aliphatic hydroxyl groups is 1. The fourth-order valence-electron chi connectivity index (χ4n) is 6.01. The Morgan fingerprint density at radius 2 is 1.80 bits per heavy atom. The van der Waals surface area contributed by atoms with Crippen molar-refractivity contribution >= 4 is 21.9 Å². The van der Waals surface area contributed by atoms with Crippen molar-refractivity contribution in [3.63, 3.8) is 0 Å². The average molecular weight is 661 g/mol. The molecule has 0 aliphatic carbocycles. The molecule has 252 valence electrons. The number of hydrogen-bond acceptors (Lipinski definition) is 10. The number of sulfonamides is 1. The number of nitrogens with zero attached hydrogens (tertiary/aromatic N) is 1. The Balaban J connectivity index is 1.39. The van der Waals surface area contributed by atoms with Crippen LogP contribution >= 0.6 is 0 Å². The topological polar surface area (TPSA) is 150 Å². The first-order valence-corrected chi connectivity index (χ1v) is 17.2. The minimum absolute atomic E-state index is 0.00291. The summed E-state index contributed by atoms with van der Waals surface area (Å²) in [4.78, 5) is 25.0. The first-order chi connectivity index (χ1) is 21.9. The molecule has 2 aromatic carbocycles. The van der Waals surface area contributed by atoms with Crippen molar-refractivity contribution in [3.8, 4) is 11.5 Å². The van der Waals surface area contributed by atoms with Crippen molar-refractivity contribution in [2.24, 2.45) is 11.3 Å². The molecular weight excluding hydrogens is 616 g/mol. The third-order valence-corrected chi connectivity index (χ3v) is 10.4. The molecule has 2 aromatic rings. The third-order valence-electron chi connectivity index (χ3n) is 8.61. The molecule has 46 heavy (non-hydrogen) atoms. The van der Waals surface area contributed by atoms with Crippen LogP contribution in [0, 0.1) is 11.3 Å². The summed E-state index contributed by atoms with van der Waals surface area (Å²) in [5.41, 5.74) is 0.221. The number of carbonyl (C=O) groups excluding carboxylic acids is 2. The summed E-state index contributed by atoms with van der Waals surface area (Å²) in [5, 5.41) is 14.5. The predicted octanol–water partition coefficient (Wildman–Crippen LogP) is 3.30. The summed E-state index contributed by atoms with van der Waals surface area (Å²) in [5.74, 6) is 0.712. The molecule has 0 radical (unpaired) electrons. The second-order valence-electron chi connectivity index (χ2n) is 12.9. The summed E-state index contributed by atoms with van der Waals surface area (Å²) in [6.07, 6.45) is -1.28. The van der Waals surface area contributed by atoms with Crippen molar-refractivity contribution in [1.29, 1.82) is 0 Å². The van der Waals surface area contributed by atoms with Crippen molar-refractivity contribution < 1.29 is 46.8 Å². The first-order valence-electron chi connectivity index (χ1n) is 15.7. The van der Waals surface area contributed by atoms with Gasteiger partial charge in [0.1, 0.15) is 25.1 Å². The number of amides is 1. The van der Waals surface area contributed by atoms with Gasteiger partial charge in [-0.15, -0.1) is 0 Å². The van der Waals surface area contributed by atoms with Crippen molar-refractivity contribution in [2.75, 3.05) is 39.5 Å². The van der Waals surface area contributed by atoms with Crippen molar-refractivity contribution in [2.45, 2.75) is 75.9 Å². The maximum absolute atomic E-state index is 14.2.